The molecule has 1 rings (SSSR count). The number of carbonyl (C=O) groups is 2. The largest absolute Gasteiger partial charge is 0.481 e. The number of aliphatic carboxylic acids is 1. The summed E-state index contributed by atoms with van der Waals surface area (Å²) in [5, 5.41) is 8.75. The van der Waals surface area contributed by atoms with Crippen molar-refractivity contribution in [2.75, 3.05) is 19.7 Å². The molecule has 1 unspecified atom stereocenters. The van der Waals surface area contributed by atoms with Crippen LogP contribution < -0.4 is 0 Å². The summed E-state index contributed by atoms with van der Waals surface area (Å²) in [5.41, 5.74) is 0. The molecule has 0 radical (unpaired) electrons. The van der Waals surface area contributed by atoms with E-state index in [1.54, 1.807) is 4.90 Å². The molecule has 0 bridgehead atoms. The number of amides is 1. The van der Waals surface area contributed by atoms with Crippen LogP contribution in [0.1, 0.15) is 52.4 Å². The number of rotatable bonds is 8. The van der Waals surface area contributed by atoms with Crippen LogP contribution in [-0.4, -0.2) is 47.7 Å². The molecular formula is C15H27NO4. The SMILES string of the molecule is CC(C)CN(CCC(=O)O)C(=O)CCC1CCCCO1. The monoisotopic (exact) mass is 285 g/mol. The molecule has 0 aromatic rings. The Kier molecular flexibility index (Phi) is 7.59. The Hall–Kier alpha value is -1.10. The first kappa shape index (κ1) is 17.0. The molecule has 1 atom stereocenters. The zero-order valence-corrected chi connectivity index (χ0v) is 12.6. The van der Waals surface area contributed by atoms with Gasteiger partial charge in [0.15, 0.2) is 0 Å². The van der Waals surface area contributed by atoms with Crippen LogP contribution in [0.15, 0.2) is 0 Å². The highest BCUT2D eigenvalue weighted by Crippen LogP contribution is 2.17. The number of carboxylic acid groups (broad SMARTS) is 1. The summed E-state index contributed by atoms with van der Waals surface area (Å²) in [4.78, 5) is 24.6. The van der Waals surface area contributed by atoms with Gasteiger partial charge in [0.2, 0.25) is 5.91 Å². The van der Waals surface area contributed by atoms with E-state index in [4.69, 9.17) is 9.84 Å². The summed E-state index contributed by atoms with van der Waals surface area (Å²) >= 11 is 0. The average Bonchev–Trinajstić information content (AvgIpc) is 2.41. The molecule has 5 nitrogen and oxygen atoms in total. The minimum atomic E-state index is -0.859. The van der Waals surface area contributed by atoms with Gasteiger partial charge in [0.25, 0.3) is 0 Å². The van der Waals surface area contributed by atoms with Gasteiger partial charge in [0, 0.05) is 26.1 Å². The highest BCUT2D eigenvalue weighted by Gasteiger charge is 2.19. The van der Waals surface area contributed by atoms with Crippen molar-refractivity contribution >= 4 is 11.9 Å². The van der Waals surface area contributed by atoms with Gasteiger partial charge in [-0.3, -0.25) is 9.59 Å². The zero-order chi connectivity index (χ0) is 15.0. The van der Waals surface area contributed by atoms with E-state index in [9.17, 15) is 9.59 Å². The number of carbonyl (C=O) groups excluding carboxylic acids is 1. The molecule has 20 heavy (non-hydrogen) atoms. The minimum absolute atomic E-state index is 0.0123. The Labute approximate surface area is 121 Å². The molecule has 0 spiro atoms. The Morgan fingerprint density at radius 1 is 1.30 bits per heavy atom. The van der Waals surface area contributed by atoms with Gasteiger partial charge in [-0.15, -0.1) is 0 Å². The maximum Gasteiger partial charge on any atom is 0.305 e. The average molecular weight is 285 g/mol. The quantitative estimate of drug-likeness (QED) is 0.743. The number of ether oxygens (including phenoxy) is 1. The second-order valence-electron chi connectivity index (χ2n) is 5.90. The van der Waals surface area contributed by atoms with Crippen molar-refractivity contribution < 1.29 is 19.4 Å². The molecule has 1 amide bonds. The van der Waals surface area contributed by atoms with Crippen molar-refractivity contribution in [2.24, 2.45) is 5.92 Å². The molecule has 1 aliphatic heterocycles. The van der Waals surface area contributed by atoms with Crippen molar-refractivity contribution in [1.29, 1.82) is 0 Å². The van der Waals surface area contributed by atoms with Crippen molar-refractivity contribution in [3.8, 4) is 0 Å². The van der Waals surface area contributed by atoms with Crippen molar-refractivity contribution in [3.05, 3.63) is 0 Å². The van der Waals surface area contributed by atoms with Gasteiger partial charge in [-0.2, -0.15) is 0 Å². The Bertz CT molecular complexity index is 311. The minimum Gasteiger partial charge on any atom is -0.481 e. The van der Waals surface area contributed by atoms with E-state index in [0.717, 1.165) is 25.9 Å². The third-order valence-electron chi connectivity index (χ3n) is 3.49. The summed E-state index contributed by atoms with van der Waals surface area (Å²) in [7, 11) is 0. The summed E-state index contributed by atoms with van der Waals surface area (Å²) < 4.78 is 5.62. The molecule has 0 aliphatic carbocycles. The zero-order valence-electron chi connectivity index (χ0n) is 12.6. The van der Waals surface area contributed by atoms with Gasteiger partial charge in [0.1, 0.15) is 0 Å². The first-order valence-electron chi connectivity index (χ1n) is 7.60. The lowest BCUT2D eigenvalue weighted by atomic mass is 10.0. The lowest BCUT2D eigenvalue weighted by Crippen LogP contribution is -2.36. The van der Waals surface area contributed by atoms with Crippen LogP contribution in [0.3, 0.4) is 0 Å². The van der Waals surface area contributed by atoms with Gasteiger partial charge >= 0.3 is 5.97 Å². The third kappa shape index (κ3) is 6.89. The third-order valence-corrected chi connectivity index (χ3v) is 3.49. The van der Waals surface area contributed by atoms with Gasteiger partial charge in [-0.25, -0.2) is 0 Å². The van der Waals surface area contributed by atoms with Crippen LogP contribution in [-0.2, 0) is 14.3 Å². The second kappa shape index (κ2) is 8.95. The molecule has 5 heteroatoms. The molecular weight excluding hydrogens is 258 g/mol. The molecule has 1 fully saturated rings. The van der Waals surface area contributed by atoms with Gasteiger partial charge < -0.3 is 14.7 Å². The maximum absolute atomic E-state index is 12.2. The van der Waals surface area contributed by atoms with E-state index in [1.807, 2.05) is 13.8 Å². The second-order valence-corrected chi connectivity index (χ2v) is 5.90. The van der Waals surface area contributed by atoms with E-state index in [-0.39, 0.29) is 18.4 Å². The molecule has 1 heterocycles. The normalized spacial score (nSPS) is 19.1. The first-order chi connectivity index (χ1) is 9.49. The first-order valence-corrected chi connectivity index (χ1v) is 7.60. The number of nitrogens with zero attached hydrogens (tertiary/aromatic N) is 1. The Morgan fingerprint density at radius 2 is 2.05 bits per heavy atom. The van der Waals surface area contributed by atoms with Crippen LogP contribution in [0, 0.1) is 5.92 Å². The maximum atomic E-state index is 12.2. The summed E-state index contributed by atoms with van der Waals surface area (Å²) in [6, 6.07) is 0. The van der Waals surface area contributed by atoms with Crippen LogP contribution >= 0.6 is 0 Å². The fraction of sp³-hybridized carbons (Fsp3) is 0.867. The summed E-state index contributed by atoms with van der Waals surface area (Å²) in [6.07, 6.45) is 4.74. The van der Waals surface area contributed by atoms with Gasteiger partial charge in [-0.05, 0) is 31.6 Å². The van der Waals surface area contributed by atoms with Gasteiger partial charge in [0.05, 0.1) is 12.5 Å². The molecule has 0 saturated carbocycles. The van der Waals surface area contributed by atoms with Crippen molar-refractivity contribution in [1.82, 2.24) is 4.90 Å². The van der Waals surface area contributed by atoms with E-state index in [2.05, 4.69) is 0 Å². The van der Waals surface area contributed by atoms with E-state index in [0.29, 0.717) is 25.4 Å². The van der Waals surface area contributed by atoms with Crippen LogP contribution in [0.5, 0.6) is 0 Å². The van der Waals surface area contributed by atoms with Crippen LogP contribution in [0.2, 0.25) is 0 Å². The lowest BCUT2D eigenvalue weighted by Gasteiger charge is -2.26. The summed E-state index contributed by atoms with van der Waals surface area (Å²) in [5.74, 6) is -0.463. The highest BCUT2D eigenvalue weighted by molar-refractivity contribution is 5.77. The van der Waals surface area contributed by atoms with E-state index >= 15 is 0 Å². The van der Waals surface area contributed by atoms with E-state index < -0.39 is 5.97 Å². The van der Waals surface area contributed by atoms with Crippen molar-refractivity contribution in [3.63, 3.8) is 0 Å². The van der Waals surface area contributed by atoms with Gasteiger partial charge in [-0.1, -0.05) is 13.8 Å². The summed E-state index contributed by atoms with van der Waals surface area (Å²) in [6.45, 7) is 5.79. The number of hydrogen-bond acceptors (Lipinski definition) is 3. The van der Waals surface area contributed by atoms with Crippen molar-refractivity contribution in [2.45, 2.75) is 58.5 Å². The van der Waals surface area contributed by atoms with Crippen LogP contribution in [0.25, 0.3) is 0 Å². The topological polar surface area (TPSA) is 66.8 Å². The van der Waals surface area contributed by atoms with E-state index in [1.165, 1.54) is 6.42 Å². The molecule has 1 aliphatic rings. The number of carboxylic acids is 1. The standard InChI is InChI=1S/C15H27NO4/c1-12(2)11-16(9-8-15(18)19)14(17)7-6-13-5-3-4-10-20-13/h12-13H,3-11H2,1-2H3,(H,18,19). The smallest absolute Gasteiger partial charge is 0.305 e. The number of hydrogen-bond donors (Lipinski definition) is 1. The molecule has 0 aromatic heterocycles. The Morgan fingerprint density at radius 3 is 2.60 bits per heavy atom. The Balaban J connectivity index is 2.38. The predicted molar refractivity (Wildman–Crippen MR) is 76.5 cm³/mol. The highest BCUT2D eigenvalue weighted by atomic mass is 16.5. The fourth-order valence-electron chi connectivity index (χ4n) is 2.47. The molecule has 0 aromatic carbocycles. The fourth-order valence-corrected chi connectivity index (χ4v) is 2.47. The lowest BCUT2D eigenvalue weighted by molar-refractivity contribution is -0.139. The van der Waals surface area contributed by atoms with Crippen LogP contribution in [0.4, 0.5) is 0 Å². The predicted octanol–water partition coefficient (Wildman–Crippen LogP) is 2.30. The molecule has 116 valence electrons. The molecule has 1 saturated heterocycles. The molecule has 1 N–H and O–H groups in total.